The molecule has 1 aromatic rings. The number of halogens is 1. The zero-order valence-corrected chi connectivity index (χ0v) is 13.9. The molecule has 1 saturated carbocycles. The topological polar surface area (TPSA) is 67.4 Å². The van der Waals surface area contributed by atoms with Crippen LogP contribution in [-0.2, 0) is 9.59 Å². The number of ether oxygens (including phenoxy) is 1. The number of benzene rings is 1. The molecule has 2 amide bonds. The van der Waals surface area contributed by atoms with Gasteiger partial charge in [-0.1, -0.05) is 37.3 Å². The van der Waals surface area contributed by atoms with E-state index in [9.17, 15) is 9.59 Å². The Hall–Kier alpha value is -1.75. The van der Waals surface area contributed by atoms with Crippen molar-refractivity contribution in [1.29, 1.82) is 0 Å². The van der Waals surface area contributed by atoms with E-state index in [1.54, 1.807) is 24.3 Å². The normalized spacial score (nSPS) is 15.5. The summed E-state index contributed by atoms with van der Waals surface area (Å²) in [4.78, 5) is 23.6. The van der Waals surface area contributed by atoms with E-state index in [0.29, 0.717) is 10.8 Å². The number of hydrogen-bond acceptors (Lipinski definition) is 3. The molecule has 5 nitrogen and oxygen atoms in total. The van der Waals surface area contributed by atoms with Crippen LogP contribution in [0.1, 0.15) is 38.5 Å². The molecule has 0 heterocycles. The number of nitrogens with one attached hydrogen (secondary N) is 2. The van der Waals surface area contributed by atoms with Gasteiger partial charge in [-0.2, -0.15) is 0 Å². The molecule has 0 spiro atoms. The van der Waals surface area contributed by atoms with E-state index in [4.69, 9.17) is 16.3 Å². The van der Waals surface area contributed by atoms with Crippen LogP contribution in [0.25, 0.3) is 0 Å². The molecule has 0 aromatic heterocycles. The number of rotatable bonds is 6. The van der Waals surface area contributed by atoms with Gasteiger partial charge in [-0.15, -0.1) is 0 Å². The molecule has 23 heavy (non-hydrogen) atoms. The van der Waals surface area contributed by atoms with Crippen molar-refractivity contribution in [2.24, 2.45) is 0 Å². The van der Waals surface area contributed by atoms with E-state index in [2.05, 4.69) is 10.6 Å². The number of carbonyl (C=O) groups excluding carboxylic acids is 2. The lowest BCUT2D eigenvalue weighted by molar-refractivity contribution is -0.127. The Balaban J connectivity index is 1.63. The van der Waals surface area contributed by atoms with Crippen LogP contribution in [0.4, 0.5) is 0 Å². The number of hydrogen-bond donors (Lipinski definition) is 2. The fourth-order valence-corrected chi connectivity index (χ4v) is 2.74. The van der Waals surface area contributed by atoms with Crippen LogP contribution in [0.2, 0.25) is 5.02 Å². The van der Waals surface area contributed by atoms with Crippen molar-refractivity contribution in [3.8, 4) is 5.75 Å². The van der Waals surface area contributed by atoms with Crippen molar-refractivity contribution >= 4 is 23.4 Å². The summed E-state index contributed by atoms with van der Waals surface area (Å²) in [6.45, 7) is -0.141. The molecule has 1 aliphatic carbocycles. The van der Waals surface area contributed by atoms with Crippen LogP contribution in [-0.4, -0.2) is 31.0 Å². The summed E-state index contributed by atoms with van der Waals surface area (Å²) in [5, 5.41) is 6.16. The summed E-state index contributed by atoms with van der Waals surface area (Å²) >= 11 is 5.77. The lowest BCUT2D eigenvalue weighted by Crippen LogP contribution is -2.42. The molecule has 0 radical (unpaired) electrons. The summed E-state index contributed by atoms with van der Waals surface area (Å²) in [7, 11) is 0. The van der Waals surface area contributed by atoms with Crippen molar-refractivity contribution < 1.29 is 14.3 Å². The second kappa shape index (κ2) is 9.40. The summed E-state index contributed by atoms with van der Waals surface area (Å²) in [5.41, 5.74) is 0. The average molecular weight is 339 g/mol. The first-order valence-electron chi connectivity index (χ1n) is 8.08. The Morgan fingerprint density at radius 2 is 1.70 bits per heavy atom. The van der Waals surface area contributed by atoms with E-state index in [-0.39, 0.29) is 31.0 Å². The average Bonchev–Trinajstić information content (AvgIpc) is 2.81. The van der Waals surface area contributed by atoms with Crippen LogP contribution in [0.15, 0.2) is 24.3 Å². The van der Waals surface area contributed by atoms with Crippen molar-refractivity contribution in [3.63, 3.8) is 0 Å². The minimum absolute atomic E-state index is 0.0146. The van der Waals surface area contributed by atoms with Crippen LogP contribution in [0, 0.1) is 0 Å². The van der Waals surface area contributed by atoms with Crippen molar-refractivity contribution in [1.82, 2.24) is 10.6 Å². The highest BCUT2D eigenvalue weighted by molar-refractivity contribution is 6.30. The lowest BCUT2D eigenvalue weighted by atomic mass is 10.1. The van der Waals surface area contributed by atoms with Gasteiger partial charge in [0.05, 0.1) is 6.54 Å². The van der Waals surface area contributed by atoms with Crippen molar-refractivity contribution in [3.05, 3.63) is 29.3 Å². The molecule has 0 unspecified atom stereocenters. The van der Waals surface area contributed by atoms with E-state index in [1.807, 2.05) is 0 Å². The number of amides is 2. The third-order valence-electron chi connectivity index (χ3n) is 3.85. The minimum Gasteiger partial charge on any atom is -0.484 e. The third kappa shape index (κ3) is 6.91. The zero-order valence-electron chi connectivity index (χ0n) is 13.1. The van der Waals surface area contributed by atoms with Gasteiger partial charge in [0, 0.05) is 11.1 Å². The summed E-state index contributed by atoms with van der Waals surface area (Å²) < 4.78 is 5.32. The third-order valence-corrected chi connectivity index (χ3v) is 4.10. The number of carbonyl (C=O) groups is 2. The van der Waals surface area contributed by atoms with Gasteiger partial charge in [-0.3, -0.25) is 9.59 Å². The van der Waals surface area contributed by atoms with Gasteiger partial charge in [0.25, 0.3) is 5.91 Å². The Morgan fingerprint density at radius 1 is 1.04 bits per heavy atom. The minimum atomic E-state index is -0.323. The second-order valence-corrected chi connectivity index (χ2v) is 6.21. The van der Waals surface area contributed by atoms with Crippen LogP contribution in [0.5, 0.6) is 5.75 Å². The Kier molecular flexibility index (Phi) is 7.20. The monoisotopic (exact) mass is 338 g/mol. The Labute approximate surface area is 141 Å². The van der Waals surface area contributed by atoms with Gasteiger partial charge in [0.2, 0.25) is 5.91 Å². The highest BCUT2D eigenvalue weighted by atomic mass is 35.5. The molecular weight excluding hydrogens is 316 g/mol. The molecule has 126 valence electrons. The second-order valence-electron chi connectivity index (χ2n) is 5.78. The highest BCUT2D eigenvalue weighted by Crippen LogP contribution is 2.17. The first kappa shape index (κ1) is 17.6. The van der Waals surface area contributed by atoms with Gasteiger partial charge in [-0.05, 0) is 37.1 Å². The molecule has 0 saturated heterocycles. The van der Waals surface area contributed by atoms with Crippen LogP contribution >= 0.6 is 11.6 Å². The molecule has 0 atom stereocenters. The smallest absolute Gasteiger partial charge is 0.258 e. The maximum absolute atomic E-state index is 11.9. The fourth-order valence-electron chi connectivity index (χ4n) is 2.61. The van der Waals surface area contributed by atoms with Gasteiger partial charge < -0.3 is 15.4 Å². The molecule has 1 aromatic carbocycles. The van der Waals surface area contributed by atoms with Crippen LogP contribution in [0.3, 0.4) is 0 Å². The molecule has 0 bridgehead atoms. The van der Waals surface area contributed by atoms with Gasteiger partial charge >= 0.3 is 0 Å². The van der Waals surface area contributed by atoms with Crippen molar-refractivity contribution in [2.75, 3.05) is 13.2 Å². The standard InChI is InChI=1S/C17H23ClN2O3/c18-13-7-9-15(10-8-13)23-12-17(22)19-11-16(21)20-14-5-3-1-2-4-6-14/h7-10,14H,1-6,11-12H2,(H,19,22)(H,20,21). The Morgan fingerprint density at radius 3 is 2.35 bits per heavy atom. The van der Waals surface area contributed by atoms with Gasteiger partial charge in [-0.25, -0.2) is 0 Å². The summed E-state index contributed by atoms with van der Waals surface area (Å²) in [5.74, 6) is 0.0974. The fraction of sp³-hybridized carbons (Fsp3) is 0.529. The molecular formula is C17H23ClN2O3. The zero-order chi connectivity index (χ0) is 16.5. The molecule has 6 heteroatoms. The molecule has 1 fully saturated rings. The SMILES string of the molecule is O=C(COc1ccc(Cl)cc1)NCC(=O)NC1CCCCCC1. The molecule has 0 aliphatic heterocycles. The van der Waals surface area contributed by atoms with E-state index < -0.39 is 0 Å². The first-order chi connectivity index (χ1) is 11.1. The van der Waals surface area contributed by atoms with Crippen molar-refractivity contribution in [2.45, 2.75) is 44.6 Å². The summed E-state index contributed by atoms with van der Waals surface area (Å²) in [6.07, 6.45) is 6.85. The lowest BCUT2D eigenvalue weighted by Gasteiger charge is -2.16. The maximum atomic E-state index is 11.9. The quantitative estimate of drug-likeness (QED) is 0.784. The van der Waals surface area contributed by atoms with Gasteiger partial charge in [0.1, 0.15) is 5.75 Å². The largest absolute Gasteiger partial charge is 0.484 e. The summed E-state index contributed by atoms with van der Waals surface area (Å²) in [6, 6.07) is 7.00. The van der Waals surface area contributed by atoms with E-state index >= 15 is 0 Å². The maximum Gasteiger partial charge on any atom is 0.258 e. The Bertz CT molecular complexity index is 511. The predicted molar refractivity (Wildman–Crippen MR) is 89.6 cm³/mol. The molecule has 1 aliphatic rings. The van der Waals surface area contributed by atoms with E-state index in [1.165, 1.54) is 12.8 Å². The highest BCUT2D eigenvalue weighted by Gasteiger charge is 2.15. The van der Waals surface area contributed by atoms with Crippen LogP contribution < -0.4 is 15.4 Å². The first-order valence-corrected chi connectivity index (χ1v) is 8.46. The van der Waals surface area contributed by atoms with Gasteiger partial charge in [0.15, 0.2) is 6.61 Å². The molecule has 2 rings (SSSR count). The molecule has 2 N–H and O–H groups in total. The predicted octanol–water partition coefficient (Wildman–Crippen LogP) is 2.67. The van der Waals surface area contributed by atoms with E-state index in [0.717, 1.165) is 25.7 Å².